The Kier molecular flexibility index (Phi) is 5.09. The predicted molar refractivity (Wildman–Crippen MR) is 92.5 cm³/mol. The lowest BCUT2D eigenvalue weighted by Crippen LogP contribution is -2.44. The van der Waals surface area contributed by atoms with Crippen molar-refractivity contribution in [1.29, 1.82) is 0 Å². The highest BCUT2D eigenvalue weighted by Crippen LogP contribution is 2.15. The standard InChI is InChI=1S/C19H25N3/c20-22-19-11-9-16(10-12-19)5-2-1-3-6-17-7-4-8-18(15-17)13-14-21-22/h4,7-12,15,21H,1-3,5-6,13-14,20H2. The molecule has 116 valence electrons. The normalized spacial score (nSPS) is 16.7. The third-order valence-electron chi connectivity index (χ3n) is 4.33. The molecule has 0 aromatic heterocycles. The average Bonchev–Trinajstić information content (AvgIpc) is 2.55. The maximum absolute atomic E-state index is 6.07. The van der Waals surface area contributed by atoms with E-state index in [9.17, 15) is 0 Å². The van der Waals surface area contributed by atoms with E-state index < -0.39 is 0 Å². The summed E-state index contributed by atoms with van der Waals surface area (Å²) in [5.41, 5.74) is 8.49. The summed E-state index contributed by atoms with van der Waals surface area (Å²) in [6.45, 7) is 0.835. The lowest BCUT2D eigenvalue weighted by Gasteiger charge is -2.20. The number of benzene rings is 2. The predicted octanol–water partition coefficient (Wildman–Crippen LogP) is 3.38. The molecule has 2 heterocycles. The van der Waals surface area contributed by atoms with Crippen LogP contribution >= 0.6 is 0 Å². The molecule has 22 heavy (non-hydrogen) atoms. The third kappa shape index (κ3) is 4.09. The number of aryl methyl sites for hydroxylation is 2. The van der Waals surface area contributed by atoms with Crippen molar-refractivity contribution in [3.63, 3.8) is 0 Å². The molecule has 0 fully saturated rings. The molecule has 4 bridgehead atoms. The zero-order valence-electron chi connectivity index (χ0n) is 13.1. The number of nitrogens with one attached hydrogen (secondary N) is 1. The van der Waals surface area contributed by atoms with E-state index in [1.54, 1.807) is 5.12 Å². The van der Waals surface area contributed by atoms with Crippen molar-refractivity contribution in [2.75, 3.05) is 11.7 Å². The zero-order chi connectivity index (χ0) is 15.2. The van der Waals surface area contributed by atoms with Gasteiger partial charge < -0.3 is 0 Å². The first-order chi connectivity index (χ1) is 10.8. The van der Waals surface area contributed by atoms with Crippen molar-refractivity contribution < 1.29 is 0 Å². The SMILES string of the molecule is NN1NCCc2cccc(c2)CCCCCc2ccc1cc2. The van der Waals surface area contributed by atoms with Crippen molar-refractivity contribution >= 4 is 5.69 Å². The van der Waals surface area contributed by atoms with E-state index >= 15 is 0 Å². The lowest BCUT2D eigenvalue weighted by atomic mass is 10.0. The Balaban J connectivity index is 1.73. The van der Waals surface area contributed by atoms with Crippen molar-refractivity contribution in [3.8, 4) is 0 Å². The molecule has 2 aliphatic rings. The van der Waals surface area contributed by atoms with Crippen molar-refractivity contribution in [2.24, 2.45) is 5.84 Å². The van der Waals surface area contributed by atoms with E-state index in [1.165, 1.54) is 42.4 Å². The van der Waals surface area contributed by atoms with Gasteiger partial charge in [0, 0.05) is 6.54 Å². The highest BCUT2D eigenvalue weighted by molar-refractivity contribution is 5.45. The molecule has 3 nitrogen and oxygen atoms in total. The van der Waals surface area contributed by atoms with Crippen LogP contribution < -0.4 is 16.4 Å². The first kappa shape index (κ1) is 15.1. The van der Waals surface area contributed by atoms with Crippen LogP contribution in [0.15, 0.2) is 48.5 Å². The van der Waals surface area contributed by atoms with Crippen LogP contribution in [-0.4, -0.2) is 6.54 Å². The maximum Gasteiger partial charge on any atom is 0.0699 e. The third-order valence-corrected chi connectivity index (χ3v) is 4.33. The van der Waals surface area contributed by atoms with E-state index in [0.29, 0.717) is 0 Å². The molecule has 4 rings (SSSR count). The Morgan fingerprint density at radius 3 is 2.23 bits per heavy atom. The number of hydrogen-bond donors (Lipinski definition) is 2. The number of hydrogen-bond acceptors (Lipinski definition) is 3. The molecule has 0 amide bonds. The molecule has 0 atom stereocenters. The molecule has 2 aliphatic heterocycles. The van der Waals surface area contributed by atoms with Crippen LogP contribution in [0, 0.1) is 0 Å². The van der Waals surface area contributed by atoms with Gasteiger partial charge in [-0.1, -0.05) is 42.8 Å². The fourth-order valence-corrected chi connectivity index (χ4v) is 3.01. The number of hydrazine groups is 2. The Labute approximate surface area is 133 Å². The van der Waals surface area contributed by atoms with Gasteiger partial charge in [-0.3, -0.25) is 0 Å². The zero-order valence-corrected chi connectivity index (χ0v) is 13.1. The molecule has 2 aromatic rings. The number of nitrogens with two attached hydrogens (primary N) is 1. The summed E-state index contributed by atoms with van der Waals surface area (Å²) in [6.07, 6.45) is 7.14. The van der Waals surface area contributed by atoms with E-state index in [4.69, 9.17) is 5.84 Å². The summed E-state index contributed by atoms with van der Waals surface area (Å²) in [5, 5.41) is 1.62. The van der Waals surface area contributed by atoms with E-state index in [1.807, 2.05) is 0 Å². The van der Waals surface area contributed by atoms with Gasteiger partial charge in [0.1, 0.15) is 0 Å². The first-order valence-corrected chi connectivity index (χ1v) is 8.26. The van der Waals surface area contributed by atoms with Crippen LogP contribution in [0.2, 0.25) is 0 Å². The second-order valence-electron chi connectivity index (χ2n) is 6.08. The summed E-state index contributed by atoms with van der Waals surface area (Å²) in [5.74, 6) is 6.07. The molecule has 0 saturated carbocycles. The fourth-order valence-electron chi connectivity index (χ4n) is 3.01. The Morgan fingerprint density at radius 1 is 0.773 bits per heavy atom. The van der Waals surface area contributed by atoms with E-state index in [2.05, 4.69) is 54.0 Å². The summed E-state index contributed by atoms with van der Waals surface area (Å²) in [7, 11) is 0. The largest absolute Gasteiger partial charge is 0.244 e. The van der Waals surface area contributed by atoms with Crippen molar-refractivity contribution in [3.05, 3.63) is 65.2 Å². The molecule has 0 unspecified atom stereocenters. The minimum atomic E-state index is 0.835. The Hall–Kier alpha value is -1.84. The number of nitrogens with zero attached hydrogens (tertiary/aromatic N) is 1. The molecular formula is C19H25N3. The molecule has 0 spiro atoms. The highest BCUT2D eigenvalue weighted by atomic mass is 15.7. The number of fused-ring (bicyclic) bond motifs is 9. The van der Waals surface area contributed by atoms with Crippen LogP contribution in [0.5, 0.6) is 0 Å². The fraction of sp³-hybridized carbons (Fsp3) is 0.368. The van der Waals surface area contributed by atoms with Gasteiger partial charge in [-0.25, -0.2) is 16.4 Å². The molecule has 2 aromatic carbocycles. The van der Waals surface area contributed by atoms with Gasteiger partial charge in [0.25, 0.3) is 0 Å². The summed E-state index contributed by atoms with van der Waals surface area (Å²) in [6, 6.07) is 17.5. The molecule has 0 saturated heterocycles. The van der Waals surface area contributed by atoms with Gasteiger partial charge in [0.2, 0.25) is 0 Å². The molecule has 3 heteroatoms. The minimum Gasteiger partial charge on any atom is -0.244 e. The van der Waals surface area contributed by atoms with Crippen LogP contribution in [0.4, 0.5) is 5.69 Å². The smallest absolute Gasteiger partial charge is 0.0699 e. The van der Waals surface area contributed by atoms with Crippen molar-refractivity contribution in [1.82, 2.24) is 5.43 Å². The molecule has 0 aliphatic carbocycles. The second-order valence-corrected chi connectivity index (χ2v) is 6.08. The van der Waals surface area contributed by atoms with Crippen molar-refractivity contribution in [2.45, 2.75) is 38.5 Å². The monoisotopic (exact) mass is 295 g/mol. The number of rotatable bonds is 0. The topological polar surface area (TPSA) is 41.3 Å². The summed E-state index contributed by atoms with van der Waals surface area (Å²) < 4.78 is 0. The minimum absolute atomic E-state index is 0.835. The van der Waals surface area contributed by atoms with Gasteiger partial charge >= 0.3 is 0 Å². The quantitative estimate of drug-likeness (QED) is 0.732. The van der Waals surface area contributed by atoms with Gasteiger partial charge in [-0.2, -0.15) is 0 Å². The van der Waals surface area contributed by atoms with Gasteiger partial charge in [0.15, 0.2) is 0 Å². The van der Waals surface area contributed by atoms with Crippen LogP contribution in [0.3, 0.4) is 0 Å². The molecule has 0 radical (unpaired) electrons. The van der Waals surface area contributed by atoms with E-state index in [-0.39, 0.29) is 0 Å². The van der Waals surface area contributed by atoms with Crippen LogP contribution in [0.25, 0.3) is 0 Å². The van der Waals surface area contributed by atoms with Gasteiger partial charge in [-0.15, -0.1) is 0 Å². The lowest BCUT2D eigenvalue weighted by molar-refractivity contribution is 0.638. The average molecular weight is 295 g/mol. The Bertz CT molecular complexity index is 592. The van der Waals surface area contributed by atoms with E-state index in [0.717, 1.165) is 25.1 Å². The van der Waals surface area contributed by atoms with Gasteiger partial charge in [0.05, 0.1) is 5.69 Å². The maximum atomic E-state index is 6.07. The summed E-state index contributed by atoms with van der Waals surface area (Å²) in [4.78, 5) is 0. The van der Waals surface area contributed by atoms with Gasteiger partial charge in [-0.05, 0) is 60.9 Å². The molecule has 3 N–H and O–H groups in total. The number of anilines is 1. The molecular weight excluding hydrogens is 270 g/mol. The first-order valence-electron chi connectivity index (χ1n) is 8.26. The second kappa shape index (κ2) is 7.43. The summed E-state index contributed by atoms with van der Waals surface area (Å²) >= 11 is 0. The van der Waals surface area contributed by atoms with Crippen LogP contribution in [-0.2, 0) is 19.3 Å². The highest BCUT2D eigenvalue weighted by Gasteiger charge is 2.03. The van der Waals surface area contributed by atoms with Crippen LogP contribution in [0.1, 0.15) is 36.0 Å². The Morgan fingerprint density at radius 2 is 1.45 bits per heavy atom.